The molecule has 3 nitrogen and oxygen atoms in total. The number of aliphatic hydroxyl groups is 1. The normalized spacial score (nSPS) is 13.0. The third-order valence-corrected chi connectivity index (χ3v) is 8.16. The summed E-state index contributed by atoms with van der Waals surface area (Å²) in [4.78, 5) is 11.2. The molecule has 1 atom stereocenters. The molecule has 0 aliphatic rings. The monoisotopic (exact) mass is 500 g/mol. The highest BCUT2D eigenvalue weighted by molar-refractivity contribution is 5.73. The van der Waals surface area contributed by atoms with Crippen LogP contribution in [0.2, 0.25) is 0 Å². The molecular formula is C34H44O3. The number of hydrogen-bond donors (Lipinski definition) is 2. The average Bonchev–Trinajstić information content (AvgIpc) is 2.83. The van der Waals surface area contributed by atoms with Crippen molar-refractivity contribution >= 4 is 5.97 Å². The Hall–Kier alpha value is -2.91. The van der Waals surface area contributed by atoms with E-state index in [0.717, 1.165) is 42.4 Å². The number of benzene rings is 3. The summed E-state index contributed by atoms with van der Waals surface area (Å²) in [6, 6.07) is 21.5. The molecule has 0 bridgehead atoms. The van der Waals surface area contributed by atoms with Gasteiger partial charge in [-0.3, -0.25) is 4.79 Å². The van der Waals surface area contributed by atoms with Crippen LogP contribution in [0.1, 0.15) is 87.3 Å². The molecule has 2 N–H and O–H groups in total. The van der Waals surface area contributed by atoms with Crippen LogP contribution in [0.5, 0.6) is 0 Å². The van der Waals surface area contributed by atoms with Crippen LogP contribution in [-0.4, -0.2) is 22.3 Å². The fourth-order valence-electron chi connectivity index (χ4n) is 5.54. The zero-order valence-corrected chi connectivity index (χ0v) is 23.7. The Morgan fingerprint density at radius 1 is 0.865 bits per heavy atom. The molecule has 0 saturated carbocycles. The van der Waals surface area contributed by atoms with E-state index >= 15 is 0 Å². The van der Waals surface area contributed by atoms with Crippen molar-refractivity contribution in [1.82, 2.24) is 0 Å². The second-order valence-electron chi connectivity index (χ2n) is 11.7. The van der Waals surface area contributed by atoms with Crippen molar-refractivity contribution in [3.8, 4) is 11.1 Å². The van der Waals surface area contributed by atoms with Gasteiger partial charge in [0.2, 0.25) is 0 Å². The summed E-state index contributed by atoms with van der Waals surface area (Å²) in [5.74, 6) is -0.813. The molecule has 0 heterocycles. The lowest BCUT2D eigenvalue weighted by atomic mass is 9.69. The van der Waals surface area contributed by atoms with Crippen LogP contribution in [0, 0.1) is 19.3 Å². The minimum atomic E-state index is -0.813. The molecule has 0 amide bonds. The van der Waals surface area contributed by atoms with Crippen LogP contribution < -0.4 is 0 Å². The lowest BCUT2D eigenvalue weighted by Gasteiger charge is -2.34. The highest BCUT2D eigenvalue weighted by Gasteiger charge is 2.31. The number of carbonyl (C=O) groups is 1. The minimum absolute atomic E-state index is 0.0320. The van der Waals surface area contributed by atoms with Gasteiger partial charge in [-0.25, -0.2) is 0 Å². The van der Waals surface area contributed by atoms with Gasteiger partial charge in [-0.2, -0.15) is 0 Å². The number of carboxylic acids is 1. The molecule has 0 spiro atoms. The Bertz CT molecular complexity index is 1230. The van der Waals surface area contributed by atoms with E-state index in [4.69, 9.17) is 0 Å². The molecule has 198 valence electrons. The van der Waals surface area contributed by atoms with Gasteiger partial charge >= 0.3 is 5.97 Å². The van der Waals surface area contributed by atoms with Crippen molar-refractivity contribution in [2.24, 2.45) is 5.41 Å². The molecule has 3 aromatic rings. The van der Waals surface area contributed by atoms with Crippen molar-refractivity contribution in [3.05, 3.63) is 94.0 Å². The van der Waals surface area contributed by atoms with Gasteiger partial charge in [-0.05, 0) is 89.5 Å². The number of carboxylic acid groups (broad SMARTS) is 1. The van der Waals surface area contributed by atoms with E-state index in [1.165, 1.54) is 27.8 Å². The molecular weight excluding hydrogens is 456 g/mol. The van der Waals surface area contributed by atoms with E-state index in [1.54, 1.807) is 0 Å². The number of aliphatic carboxylic acids is 1. The van der Waals surface area contributed by atoms with Crippen LogP contribution in [0.4, 0.5) is 0 Å². The van der Waals surface area contributed by atoms with E-state index in [-0.39, 0.29) is 23.4 Å². The summed E-state index contributed by atoms with van der Waals surface area (Å²) in [7, 11) is 0. The number of rotatable bonds is 10. The Morgan fingerprint density at radius 3 is 2.03 bits per heavy atom. The van der Waals surface area contributed by atoms with Gasteiger partial charge in [-0.15, -0.1) is 0 Å². The predicted molar refractivity (Wildman–Crippen MR) is 154 cm³/mol. The first kappa shape index (κ1) is 28.7. The summed E-state index contributed by atoms with van der Waals surface area (Å²) in [6.07, 6.45) is 3.36. The molecule has 3 rings (SSSR count). The maximum atomic E-state index is 11.2. The number of aryl methyl sites for hydroxylation is 3. The average molecular weight is 501 g/mol. The first-order valence-electron chi connectivity index (χ1n) is 13.6. The Morgan fingerprint density at radius 2 is 1.49 bits per heavy atom. The lowest BCUT2D eigenvalue weighted by molar-refractivity contribution is -0.136. The second-order valence-corrected chi connectivity index (χ2v) is 11.7. The summed E-state index contributed by atoms with van der Waals surface area (Å²) in [6.45, 7) is 15.1. The van der Waals surface area contributed by atoms with E-state index in [2.05, 4.69) is 90.9 Å². The highest BCUT2D eigenvalue weighted by Crippen LogP contribution is 2.41. The zero-order chi connectivity index (χ0) is 27.4. The van der Waals surface area contributed by atoms with Crippen LogP contribution in [0.3, 0.4) is 0 Å². The fourth-order valence-corrected chi connectivity index (χ4v) is 5.54. The van der Waals surface area contributed by atoms with Crippen LogP contribution >= 0.6 is 0 Å². The molecule has 0 aliphatic heterocycles. The maximum Gasteiger partial charge on any atom is 0.307 e. The summed E-state index contributed by atoms with van der Waals surface area (Å²) < 4.78 is 0. The first-order chi connectivity index (χ1) is 17.4. The molecule has 0 fully saturated rings. The van der Waals surface area contributed by atoms with Gasteiger partial charge in [0.25, 0.3) is 0 Å². The molecule has 3 aromatic carbocycles. The number of hydrogen-bond acceptors (Lipinski definition) is 2. The lowest BCUT2D eigenvalue weighted by Crippen LogP contribution is -2.27. The van der Waals surface area contributed by atoms with E-state index in [9.17, 15) is 15.0 Å². The zero-order valence-electron chi connectivity index (χ0n) is 23.7. The molecule has 37 heavy (non-hydrogen) atoms. The molecule has 3 heteroatoms. The Kier molecular flexibility index (Phi) is 9.02. The van der Waals surface area contributed by atoms with E-state index in [0.29, 0.717) is 0 Å². The third kappa shape index (κ3) is 6.51. The second kappa shape index (κ2) is 11.6. The minimum Gasteiger partial charge on any atom is -0.481 e. The van der Waals surface area contributed by atoms with Gasteiger partial charge in [0.1, 0.15) is 0 Å². The SMILES string of the molecule is CCC(CC)(c1ccc(CCC(O)C(C)(C)C)c(C)c1)c1ccc(-c2cccc(CC(=O)O)c2)c(C)c1. The van der Waals surface area contributed by atoms with Crippen molar-refractivity contribution in [2.75, 3.05) is 0 Å². The van der Waals surface area contributed by atoms with Crippen LogP contribution in [-0.2, 0) is 23.1 Å². The smallest absolute Gasteiger partial charge is 0.307 e. The van der Waals surface area contributed by atoms with Gasteiger partial charge in [0.05, 0.1) is 12.5 Å². The van der Waals surface area contributed by atoms with Gasteiger partial charge in [0, 0.05) is 5.41 Å². The molecule has 0 saturated heterocycles. The van der Waals surface area contributed by atoms with Crippen LogP contribution in [0.15, 0.2) is 60.7 Å². The van der Waals surface area contributed by atoms with Crippen molar-refractivity contribution < 1.29 is 15.0 Å². The topological polar surface area (TPSA) is 57.5 Å². The molecule has 0 aliphatic carbocycles. The largest absolute Gasteiger partial charge is 0.481 e. The van der Waals surface area contributed by atoms with Crippen molar-refractivity contribution in [3.63, 3.8) is 0 Å². The molecule has 0 aromatic heterocycles. The third-order valence-electron chi connectivity index (χ3n) is 8.16. The van der Waals surface area contributed by atoms with Gasteiger partial charge < -0.3 is 10.2 Å². The van der Waals surface area contributed by atoms with Crippen LogP contribution in [0.25, 0.3) is 11.1 Å². The van der Waals surface area contributed by atoms with Gasteiger partial charge in [-0.1, -0.05) is 95.3 Å². The fraction of sp³-hybridized carbons (Fsp3) is 0.441. The summed E-state index contributed by atoms with van der Waals surface area (Å²) in [5, 5.41) is 19.7. The maximum absolute atomic E-state index is 11.2. The standard InChI is InChI=1S/C34H44O3/c1-8-34(9-2,28-15-13-26(23(3)19-28)14-18-31(35)33(5,6)7)29-16-17-30(24(4)20-29)27-12-10-11-25(21-27)22-32(36)37/h10-13,15-17,19-21,31,35H,8-9,14,18,22H2,1-7H3,(H,36,37). The van der Waals surface area contributed by atoms with E-state index < -0.39 is 5.97 Å². The van der Waals surface area contributed by atoms with Crippen molar-refractivity contribution in [2.45, 2.75) is 92.1 Å². The molecule has 0 radical (unpaired) electrons. The van der Waals surface area contributed by atoms with Gasteiger partial charge in [0.15, 0.2) is 0 Å². The molecule has 1 unspecified atom stereocenters. The Balaban J connectivity index is 1.94. The summed E-state index contributed by atoms with van der Waals surface area (Å²) in [5.41, 5.74) is 9.27. The summed E-state index contributed by atoms with van der Waals surface area (Å²) >= 11 is 0. The van der Waals surface area contributed by atoms with E-state index in [1.807, 2.05) is 18.2 Å². The first-order valence-corrected chi connectivity index (χ1v) is 13.6. The predicted octanol–water partition coefficient (Wildman–Crippen LogP) is 8.04. The Labute approximate surface area is 223 Å². The highest BCUT2D eigenvalue weighted by atomic mass is 16.4. The van der Waals surface area contributed by atoms with Crippen molar-refractivity contribution in [1.29, 1.82) is 0 Å². The quantitative estimate of drug-likeness (QED) is 0.296. The number of aliphatic hydroxyl groups excluding tert-OH is 1.